The molecule has 2 rings (SSSR count). The number of carbonyl (C=O) groups is 1. The molecule has 0 radical (unpaired) electrons. The molecule has 0 atom stereocenters. The van der Waals surface area contributed by atoms with Crippen molar-refractivity contribution < 1.29 is 14.3 Å². The topological polar surface area (TPSA) is 60.5 Å². The van der Waals surface area contributed by atoms with E-state index in [2.05, 4.69) is 10.3 Å². The number of aryl methyl sites for hydroxylation is 2. The normalized spacial score (nSPS) is 10.3. The van der Waals surface area contributed by atoms with Crippen molar-refractivity contribution in [3.63, 3.8) is 0 Å². The highest BCUT2D eigenvalue weighted by Crippen LogP contribution is 2.23. The second-order valence-electron chi connectivity index (χ2n) is 4.69. The smallest absolute Gasteiger partial charge is 0.350 e. The first-order valence-electron chi connectivity index (χ1n) is 7.18. The summed E-state index contributed by atoms with van der Waals surface area (Å²) in [5.41, 5.74) is 1.79. The van der Waals surface area contributed by atoms with Crippen LogP contribution in [0.3, 0.4) is 0 Å². The Kier molecular flexibility index (Phi) is 5.77. The standard InChI is InChI=1S/C16H20N2O3S/c1-4-20-15(19)14-12(3)18-16(22-14)17-9-10-21-13-8-6-5-7-11(13)2/h5-8H,4,9-10H2,1-3H3,(H,17,18). The second-order valence-corrected chi connectivity index (χ2v) is 5.69. The summed E-state index contributed by atoms with van der Waals surface area (Å²) < 4.78 is 10.7. The van der Waals surface area contributed by atoms with Crippen molar-refractivity contribution in [3.05, 3.63) is 40.4 Å². The van der Waals surface area contributed by atoms with E-state index in [0.29, 0.717) is 35.5 Å². The van der Waals surface area contributed by atoms with Gasteiger partial charge in [-0.2, -0.15) is 0 Å². The number of nitrogens with one attached hydrogen (secondary N) is 1. The Labute approximate surface area is 134 Å². The van der Waals surface area contributed by atoms with E-state index in [4.69, 9.17) is 9.47 Å². The average molecular weight is 320 g/mol. The van der Waals surface area contributed by atoms with Crippen LogP contribution in [-0.2, 0) is 4.74 Å². The van der Waals surface area contributed by atoms with E-state index in [9.17, 15) is 4.79 Å². The number of benzene rings is 1. The number of thiazole rings is 1. The number of aromatic nitrogens is 1. The van der Waals surface area contributed by atoms with E-state index in [-0.39, 0.29) is 5.97 Å². The van der Waals surface area contributed by atoms with Gasteiger partial charge in [-0.1, -0.05) is 29.5 Å². The van der Waals surface area contributed by atoms with E-state index in [0.717, 1.165) is 11.3 Å². The lowest BCUT2D eigenvalue weighted by atomic mass is 10.2. The van der Waals surface area contributed by atoms with Crippen molar-refractivity contribution in [2.24, 2.45) is 0 Å². The minimum Gasteiger partial charge on any atom is -0.491 e. The number of hydrogen-bond acceptors (Lipinski definition) is 6. The van der Waals surface area contributed by atoms with Gasteiger partial charge in [0.05, 0.1) is 18.8 Å². The molecular formula is C16H20N2O3S. The van der Waals surface area contributed by atoms with Crippen LogP contribution in [0.1, 0.15) is 27.9 Å². The van der Waals surface area contributed by atoms with Crippen LogP contribution in [-0.4, -0.2) is 30.7 Å². The molecule has 22 heavy (non-hydrogen) atoms. The molecule has 5 nitrogen and oxygen atoms in total. The first-order chi connectivity index (χ1) is 10.6. The molecule has 2 aromatic rings. The molecule has 0 saturated carbocycles. The molecule has 1 aromatic carbocycles. The highest BCUT2D eigenvalue weighted by atomic mass is 32.1. The quantitative estimate of drug-likeness (QED) is 0.625. The van der Waals surface area contributed by atoms with Gasteiger partial charge in [-0.05, 0) is 32.4 Å². The van der Waals surface area contributed by atoms with E-state index in [1.807, 2.05) is 31.2 Å². The van der Waals surface area contributed by atoms with Crippen molar-refractivity contribution in [2.45, 2.75) is 20.8 Å². The van der Waals surface area contributed by atoms with Crippen molar-refractivity contribution >= 4 is 22.4 Å². The number of rotatable bonds is 7. The molecule has 0 aliphatic carbocycles. The van der Waals surface area contributed by atoms with Crippen LogP contribution >= 0.6 is 11.3 Å². The molecule has 118 valence electrons. The summed E-state index contributed by atoms with van der Waals surface area (Å²) in [4.78, 5) is 16.6. The molecule has 1 aromatic heterocycles. The molecule has 0 saturated heterocycles. The summed E-state index contributed by atoms with van der Waals surface area (Å²) in [6, 6.07) is 7.89. The summed E-state index contributed by atoms with van der Waals surface area (Å²) >= 11 is 1.30. The zero-order valence-electron chi connectivity index (χ0n) is 13.0. The van der Waals surface area contributed by atoms with Crippen LogP contribution in [0.4, 0.5) is 5.13 Å². The molecule has 1 heterocycles. The third-order valence-electron chi connectivity index (χ3n) is 2.99. The van der Waals surface area contributed by atoms with Crippen LogP contribution in [0, 0.1) is 13.8 Å². The number of anilines is 1. The summed E-state index contributed by atoms with van der Waals surface area (Å²) in [5, 5.41) is 3.87. The Morgan fingerprint density at radius 2 is 2.09 bits per heavy atom. The molecule has 0 aliphatic heterocycles. The fourth-order valence-electron chi connectivity index (χ4n) is 1.90. The lowest BCUT2D eigenvalue weighted by Crippen LogP contribution is -2.11. The number of carbonyl (C=O) groups excluding carboxylic acids is 1. The SMILES string of the molecule is CCOC(=O)c1sc(NCCOc2ccccc2C)nc1C. The lowest BCUT2D eigenvalue weighted by Gasteiger charge is -2.08. The molecule has 0 bridgehead atoms. The van der Waals surface area contributed by atoms with Gasteiger partial charge in [0.25, 0.3) is 0 Å². The third-order valence-corrected chi connectivity index (χ3v) is 4.08. The summed E-state index contributed by atoms with van der Waals surface area (Å²) in [6.07, 6.45) is 0. The second kappa shape index (κ2) is 7.79. The van der Waals surface area contributed by atoms with Gasteiger partial charge < -0.3 is 14.8 Å². The molecule has 1 N–H and O–H groups in total. The first-order valence-corrected chi connectivity index (χ1v) is 8.00. The van der Waals surface area contributed by atoms with E-state index >= 15 is 0 Å². The zero-order chi connectivity index (χ0) is 15.9. The molecule has 0 amide bonds. The fraction of sp³-hybridized carbons (Fsp3) is 0.375. The lowest BCUT2D eigenvalue weighted by molar-refractivity contribution is 0.0531. The van der Waals surface area contributed by atoms with Gasteiger partial charge in [0.15, 0.2) is 5.13 Å². The number of hydrogen-bond donors (Lipinski definition) is 1. The largest absolute Gasteiger partial charge is 0.491 e. The molecular weight excluding hydrogens is 300 g/mol. The molecule has 6 heteroatoms. The van der Waals surface area contributed by atoms with Gasteiger partial charge in [0.1, 0.15) is 17.2 Å². The predicted molar refractivity (Wildman–Crippen MR) is 88.0 cm³/mol. The molecule has 0 aliphatic rings. The van der Waals surface area contributed by atoms with Crippen molar-refractivity contribution in [3.8, 4) is 5.75 Å². The van der Waals surface area contributed by atoms with Gasteiger partial charge in [-0.15, -0.1) is 0 Å². The Hall–Kier alpha value is -2.08. The Morgan fingerprint density at radius 3 is 2.82 bits per heavy atom. The molecule has 0 unspecified atom stereocenters. The van der Waals surface area contributed by atoms with Gasteiger partial charge in [-0.3, -0.25) is 0 Å². The van der Waals surface area contributed by atoms with Gasteiger partial charge in [0, 0.05) is 0 Å². The van der Waals surface area contributed by atoms with Crippen LogP contribution in [0.5, 0.6) is 5.75 Å². The molecule has 0 fully saturated rings. The monoisotopic (exact) mass is 320 g/mol. The van der Waals surface area contributed by atoms with Gasteiger partial charge >= 0.3 is 5.97 Å². The van der Waals surface area contributed by atoms with Crippen molar-refractivity contribution in [1.29, 1.82) is 0 Å². The summed E-state index contributed by atoms with van der Waals surface area (Å²) in [5.74, 6) is 0.563. The minimum atomic E-state index is -0.318. The summed E-state index contributed by atoms with van der Waals surface area (Å²) in [7, 11) is 0. The van der Waals surface area contributed by atoms with Crippen molar-refractivity contribution in [2.75, 3.05) is 25.1 Å². The Balaban J connectivity index is 1.84. The van der Waals surface area contributed by atoms with E-state index < -0.39 is 0 Å². The number of ether oxygens (including phenoxy) is 2. The Morgan fingerprint density at radius 1 is 1.32 bits per heavy atom. The van der Waals surface area contributed by atoms with Gasteiger partial charge in [-0.25, -0.2) is 9.78 Å². The maximum Gasteiger partial charge on any atom is 0.350 e. The minimum absolute atomic E-state index is 0.318. The van der Waals surface area contributed by atoms with Gasteiger partial charge in [0.2, 0.25) is 0 Å². The highest BCUT2D eigenvalue weighted by Gasteiger charge is 2.15. The van der Waals surface area contributed by atoms with Crippen LogP contribution < -0.4 is 10.1 Å². The number of para-hydroxylation sites is 1. The van der Waals surface area contributed by atoms with Crippen LogP contribution in [0.2, 0.25) is 0 Å². The number of esters is 1. The summed E-state index contributed by atoms with van der Waals surface area (Å²) in [6.45, 7) is 7.11. The Bertz CT molecular complexity index is 640. The highest BCUT2D eigenvalue weighted by molar-refractivity contribution is 7.17. The van der Waals surface area contributed by atoms with Crippen LogP contribution in [0.15, 0.2) is 24.3 Å². The first kappa shape index (κ1) is 16.3. The molecule has 0 spiro atoms. The maximum absolute atomic E-state index is 11.7. The average Bonchev–Trinajstić information content (AvgIpc) is 2.87. The third kappa shape index (κ3) is 4.21. The van der Waals surface area contributed by atoms with E-state index in [1.165, 1.54) is 11.3 Å². The van der Waals surface area contributed by atoms with Crippen molar-refractivity contribution in [1.82, 2.24) is 4.98 Å². The maximum atomic E-state index is 11.7. The fourth-order valence-corrected chi connectivity index (χ4v) is 2.78. The number of nitrogens with zero attached hydrogens (tertiary/aromatic N) is 1. The zero-order valence-corrected chi connectivity index (χ0v) is 13.8. The van der Waals surface area contributed by atoms with Crippen LogP contribution in [0.25, 0.3) is 0 Å². The predicted octanol–water partition coefficient (Wildman–Crippen LogP) is 3.43. The van der Waals surface area contributed by atoms with E-state index in [1.54, 1.807) is 13.8 Å².